The molecule has 9 heavy (non-hydrogen) atoms. The molecular weight excluding hydrogens is 126 g/mol. The minimum absolute atomic E-state index is 0.773. The number of hydrogen-bond donors (Lipinski definition) is 0. The Balaban J connectivity index is 3.72. The van der Waals surface area contributed by atoms with Crippen molar-refractivity contribution in [2.75, 3.05) is 6.54 Å². The first-order valence-electron chi connectivity index (χ1n) is 3.41. The second-order valence-electron chi connectivity index (χ2n) is 3.67. The van der Waals surface area contributed by atoms with Crippen molar-refractivity contribution >= 4 is 14.8 Å². The first-order chi connectivity index (χ1) is 3.98. The quantitative estimate of drug-likeness (QED) is 0.425. The Hall–Kier alpha value is -0.113. The van der Waals surface area contributed by atoms with Crippen LogP contribution < -0.4 is 0 Å². The Labute approximate surface area is 59.2 Å². The van der Waals surface area contributed by atoms with Crippen molar-refractivity contribution in [2.45, 2.75) is 32.1 Å². The Morgan fingerprint density at radius 2 is 1.89 bits per heavy atom. The molecule has 0 aromatic heterocycles. The van der Waals surface area contributed by atoms with E-state index in [2.05, 4.69) is 38.3 Å². The van der Waals surface area contributed by atoms with E-state index in [0.29, 0.717) is 0 Å². The molecule has 0 bridgehead atoms. The van der Waals surface area contributed by atoms with Crippen LogP contribution in [0.25, 0.3) is 0 Å². The lowest BCUT2D eigenvalue weighted by molar-refractivity contribution is 0.893. The Morgan fingerprint density at radius 3 is 2.00 bits per heavy atom. The molecule has 54 valence electrons. The van der Waals surface area contributed by atoms with Crippen LogP contribution in [0.15, 0.2) is 4.99 Å². The van der Waals surface area contributed by atoms with Gasteiger partial charge in [-0.05, 0) is 12.3 Å². The first kappa shape index (κ1) is 8.89. The maximum atomic E-state index is 3.89. The lowest BCUT2D eigenvalue weighted by Crippen LogP contribution is -2.27. The van der Waals surface area contributed by atoms with Gasteiger partial charge in [0.05, 0.1) is 0 Å². The first-order valence-corrected chi connectivity index (χ1v) is 6.98. The van der Waals surface area contributed by atoms with E-state index in [1.165, 1.54) is 0 Å². The van der Waals surface area contributed by atoms with Gasteiger partial charge < -0.3 is 4.99 Å². The highest BCUT2D eigenvalue weighted by Crippen LogP contribution is 2.20. The zero-order valence-electron chi connectivity index (χ0n) is 6.94. The van der Waals surface area contributed by atoms with Crippen LogP contribution in [-0.2, 0) is 0 Å². The number of rotatable bonds is 3. The lowest BCUT2D eigenvalue weighted by atomic mass is 10.5. The summed E-state index contributed by atoms with van der Waals surface area (Å²) < 4.78 is 0. The Bertz CT molecular complexity index is 93.6. The summed E-state index contributed by atoms with van der Waals surface area (Å²) in [6.07, 6.45) is 0. The molecule has 1 nitrogen and oxygen atoms in total. The van der Waals surface area contributed by atoms with Crippen LogP contribution in [0.1, 0.15) is 6.92 Å². The maximum absolute atomic E-state index is 3.89. The third-order valence-electron chi connectivity index (χ3n) is 1.88. The zero-order chi connectivity index (χ0) is 7.49. The molecule has 0 heterocycles. The van der Waals surface area contributed by atoms with Crippen molar-refractivity contribution < 1.29 is 0 Å². The van der Waals surface area contributed by atoms with Gasteiger partial charge in [0, 0.05) is 14.6 Å². The van der Waals surface area contributed by atoms with E-state index in [9.17, 15) is 0 Å². The molecule has 0 rings (SSSR count). The van der Waals surface area contributed by atoms with Gasteiger partial charge in [0.15, 0.2) is 0 Å². The normalized spacial score (nSPS) is 15.1. The summed E-state index contributed by atoms with van der Waals surface area (Å²) in [6.45, 7) is 13.8. The average molecular weight is 143 g/mol. The average Bonchev–Trinajstić information content (AvgIpc) is 1.64. The molecule has 0 spiro atoms. The molecule has 1 atom stereocenters. The van der Waals surface area contributed by atoms with Crippen LogP contribution in [0.5, 0.6) is 0 Å². The van der Waals surface area contributed by atoms with Gasteiger partial charge in [0.1, 0.15) is 0 Å². The second kappa shape index (κ2) is 3.16. The molecular formula is C7H17NSi. The fraction of sp³-hybridized carbons (Fsp3) is 0.857. The summed E-state index contributed by atoms with van der Waals surface area (Å²) in [7, 11) is -0.915. The molecule has 0 radical (unpaired) electrons. The van der Waals surface area contributed by atoms with Crippen molar-refractivity contribution in [1.82, 2.24) is 0 Å². The molecule has 0 fully saturated rings. The second-order valence-corrected chi connectivity index (χ2v) is 9.39. The van der Waals surface area contributed by atoms with E-state index in [0.717, 1.165) is 12.1 Å². The summed E-state index contributed by atoms with van der Waals surface area (Å²) >= 11 is 0. The van der Waals surface area contributed by atoms with Gasteiger partial charge in [0.25, 0.3) is 0 Å². The molecule has 1 unspecified atom stereocenters. The van der Waals surface area contributed by atoms with Gasteiger partial charge in [-0.3, -0.25) is 0 Å². The van der Waals surface area contributed by atoms with E-state index in [1.807, 2.05) is 0 Å². The van der Waals surface area contributed by atoms with Gasteiger partial charge >= 0.3 is 0 Å². The lowest BCUT2D eigenvalue weighted by Gasteiger charge is -2.22. The van der Waals surface area contributed by atoms with Crippen molar-refractivity contribution in [3.05, 3.63) is 0 Å². The van der Waals surface area contributed by atoms with E-state index in [1.54, 1.807) is 0 Å². The topological polar surface area (TPSA) is 12.4 Å². The molecule has 0 amide bonds. The molecule has 0 N–H and O–H groups in total. The van der Waals surface area contributed by atoms with E-state index < -0.39 is 8.07 Å². The minimum atomic E-state index is -0.915. The molecule has 0 aromatic carbocycles. The summed E-state index contributed by atoms with van der Waals surface area (Å²) in [6, 6.07) is 0. The maximum Gasteiger partial charge on any atom is 0.0490 e. The predicted molar refractivity (Wildman–Crippen MR) is 47.2 cm³/mol. The molecule has 0 aliphatic carbocycles. The fourth-order valence-electron chi connectivity index (χ4n) is 0.468. The number of aliphatic imine (C=N–C) groups is 1. The highest BCUT2D eigenvalue weighted by molar-refractivity contribution is 6.77. The summed E-state index contributed by atoms with van der Waals surface area (Å²) in [5.74, 6) is 0. The van der Waals surface area contributed by atoms with Crippen LogP contribution in [0, 0.1) is 0 Å². The molecule has 0 saturated heterocycles. The van der Waals surface area contributed by atoms with Crippen molar-refractivity contribution in [3.8, 4) is 0 Å². The van der Waals surface area contributed by atoms with Crippen LogP contribution in [0.2, 0.25) is 25.2 Å². The highest BCUT2D eigenvalue weighted by atomic mass is 28.3. The third kappa shape index (κ3) is 3.46. The summed E-state index contributed by atoms with van der Waals surface area (Å²) in [5.41, 5.74) is 0.773. The standard InChI is InChI=1S/C7H17NSi/c1-7(6-8-2)9(3,4)5/h7H,2,6H2,1,3-5H3. The number of hydrogen-bond acceptors (Lipinski definition) is 1. The monoisotopic (exact) mass is 143 g/mol. The van der Waals surface area contributed by atoms with Gasteiger partial charge in [-0.2, -0.15) is 0 Å². The Morgan fingerprint density at radius 1 is 1.44 bits per heavy atom. The van der Waals surface area contributed by atoms with Crippen LogP contribution in [0.3, 0.4) is 0 Å². The fourth-order valence-corrected chi connectivity index (χ4v) is 1.14. The van der Waals surface area contributed by atoms with Gasteiger partial charge in [-0.1, -0.05) is 26.6 Å². The largest absolute Gasteiger partial charge is 0.301 e. The Kier molecular flexibility index (Phi) is 3.12. The zero-order valence-corrected chi connectivity index (χ0v) is 7.94. The van der Waals surface area contributed by atoms with E-state index in [-0.39, 0.29) is 0 Å². The molecule has 0 saturated carbocycles. The van der Waals surface area contributed by atoms with E-state index in [4.69, 9.17) is 0 Å². The summed E-state index contributed by atoms with van der Waals surface area (Å²) in [4.78, 5) is 3.89. The van der Waals surface area contributed by atoms with Crippen LogP contribution >= 0.6 is 0 Å². The van der Waals surface area contributed by atoms with E-state index >= 15 is 0 Å². The van der Waals surface area contributed by atoms with Gasteiger partial charge in [-0.15, -0.1) is 0 Å². The van der Waals surface area contributed by atoms with Crippen molar-refractivity contribution in [1.29, 1.82) is 0 Å². The summed E-state index contributed by atoms with van der Waals surface area (Å²) in [5, 5.41) is 0. The van der Waals surface area contributed by atoms with Crippen molar-refractivity contribution in [3.63, 3.8) is 0 Å². The third-order valence-corrected chi connectivity index (χ3v) is 5.02. The van der Waals surface area contributed by atoms with Crippen LogP contribution in [0.4, 0.5) is 0 Å². The van der Waals surface area contributed by atoms with Crippen molar-refractivity contribution in [2.24, 2.45) is 4.99 Å². The van der Waals surface area contributed by atoms with Crippen LogP contribution in [-0.4, -0.2) is 21.3 Å². The minimum Gasteiger partial charge on any atom is -0.301 e. The van der Waals surface area contributed by atoms with Gasteiger partial charge in [-0.25, -0.2) is 0 Å². The number of nitrogens with zero attached hydrogens (tertiary/aromatic N) is 1. The molecule has 0 aliphatic rings. The highest BCUT2D eigenvalue weighted by Gasteiger charge is 2.20. The predicted octanol–water partition coefficient (Wildman–Crippen LogP) is 2.42. The molecule has 0 aliphatic heterocycles. The molecule has 0 aromatic rings. The van der Waals surface area contributed by atoms with Gasteiger partial charge in [0.2, 0.25) is 0 Å². The SMILES string of the molecule is C=NCC(C)[Si](C)(C)C. The molecule has 2 heteroatoms. The smallest absolute Gasteiger partial charge is 0.0490 e.